The lowest BCUT2D eigenvalue weighted by atomic mass is 10.1. The van der Waals surface area contributed by atoms with Gasteiger partial charge in [0, 0.05) is 5.56 Å². The van der Waals surface area contributed by atoms with Crippen LogP contribution < -0.4 is 0 Å². The molecule has 0 aliphatic carbocycles. The highest BCUT2D eigenvalue weighted by atomic mass is 16.2. The number of aliphatic hydroxyl groups is 1. The molecule has 0 unspecified atom stereocenters. The molecule has 2 nitrogen and oxygen atoms in total. The molecule has 0 aromatic heterocycles. The van der Waals surface area contributed by atoms with Gasteiger partial charge in [0.15, 0.2) is 5.78 Å². The molecule has 14 heavy (non-hydrogen) atoms. The fourth-order valence-corrected chi connectivity index (χ4v) is 0.981. The molecular formula is C12H12O2. The van der Waals surface area contributed by atoms with Gasteiger partial charge < -0.3 is 5.11 Å². The Balaban J connectivity index is 2.59. The van der Waals surface area contributed by atoms with E-state index < -0.39 is 0 Å². The molecule has 0 radical (unpaired) electrons. The first-order valence-corrected chi connectivity index (χ1v) is 4.38. The van der Waals surface area contributed by atoms with Crippen molar-refractivity contribution < 1.29 is 9.90 Å². The van der Waals surface area contributed by atoms with Crippen molar-refractivity contribution >= 4 is 5.78 Å². The summed E-state index contributed by atoms with van der Waals surface area (Å²) in [5.74, 6) is -0.0341. The Kier molecular flexibility index (Phi) is 4.38. The van der Waals surface area contributed by atoms with Gasteiger partial charge in [-0.05, 0) is 6.08 Å². The van der Waals surface area contributed by atoms with Crippen LogP contribution in [-0.2, 0) is 0 Å². The van der Waals surface area contributed by atoms with E-state index >= 15 is 0 Å². The number of ketones is 1. The number of rotatable bonds is 4. The highest BCUT2D eigenvalue weighted by molar-refractivity contribution is 6.04. The van der Waals surface area contributed by atoms with Gasteiger partial charge in [0.05, 0.1) is 6.61 Å². The predicted molar refractivity (Wildman–Crippen MR) is 56.1 cm³/mol. The largest absolute Gasteiger partial charge is 0.392 e. The summed E-state index contributed by atoms with van der Waals surface area (Å²) >= 11 is 0. The number of benzene rings is 1. The number of hydrogen-bond donors (Lipinski definition) is 1. The molecule has 0 spiro atoms. The summed E-state index contributed by atoms with van der Waals surface area (Å²) in [6.07, 6.45) is 6.29. The highest BCUT2D eigenvalue weighted by Gasteiger charge is 1.97. The normalized spacial score (nSPS) is 11.2. The minimum absolute atomic E-state index is 0.0101. The van der Waals surface area contributed by atoms with Crippen LogP contribution in [0, 0.1) is 0 Å². The lowest BCUT2D eigenvalue weighted by molar-refractivity contribution is 0.104. The molecule has 0 heterocycles. The molecule has 1 rings (SSSR count). The molecule has 0 saturated heterocycles. The van der Waals surface area contributed by atoms with E-state index in [1.54, 1.807) is 30.4 Å². The second kappa shape index (κ2) is 5.89. The summed E-state index contributed by atoms with van der Waals surface area (Å²) < 4.78 is 0. The quantitative estimate of drug-likeness (QED) is 0.445. The number of hydrogen-bond acceptors (Lipinski definition) is 2. The summed E-state index contributed by atoms with van der Waals surface area (Å²) in [5.41, 5.74) is 0.668. The molecule has 0 bridgehead atoms. The van der Waals surface area contributed by atoms with E-state index in [1.165, 1.54) is 6.08 Å². The minimum atomic E-state index is -0.0341. The fraction of sp³-hybridized carbons (Fsp3) is 0.0833. The van der Waals surface area contributed by atoms with Crippen LogP contribution in [0.3, 0.4) is 0 Å². The Morgan fingerprint density at radius 2 is 1.93 bits per heavy atom. The zero-order chi connectivity index (χ0) is 10.2. The van der Waals surface area contributed by atoms with Gasteiger partial charge in [-0.1, -0.05) is 48.6 Å². The van der Waals surface area contributed by atoms with Crippen molar-refractivity contribution in [3.05, 3.63) is 60.2 Å². The van der Waals surface area contributed by atoms with Gasteiger partial charge in [0.2, 0.25) is 0 Å². The van der Waals surface area contributed by atoms with Crippen LogP contribution in [0.2, 0.25) is 0 Å². The Morgan fingerprint density at radius 3 is 2.57 bits per heavy atom. The van der Waals surface area contributed by atoms with Gasteiger partial charge in [-0.25, -0.2) is 0 Å². The molecule has 0 aliphatic rings. The summed E-state index contributed by atoms with van der Waals surface area (Å²) in [5, 5.41) is 8.44. The van der Waals surface area contributed by atoms with Crippen molar-refractivity contribution in [2.75, 3.05) is 6.61 Å². The zero-order valence-corrected chi connectivity index (χ0v) is 7.76. The van der Waals surface area contributed by atoms with Crippen molar-refractivity contribution in [1.29, 1.82) is 0 Å². The van der Waals surface area contributed by atoms with Crippen molar-refractivity contribution in [3.8, 4) is 0 Å². The smallest absolute Gasteiger partial charge is 0.185 e. The van der Waals surface area contributed by atoms with Crippen LogP contribution in [-0.4, -0.2) is 17.5 Å². The molecular weight excluding hydrogens is 176 g/mol. The Hall–Kier alpha value is -1.67. The number of allylic oxidation sites excluding steroid dienone is 3. The molecule has 72 valence electrons. The second-order valence-corrected chi connectivity index (χ2v) is 2.70. The van der Waals surface area contributed by atoms with Crippen molar-refractivity contribution in [1.82, 2.24) is 0 Å². The Labute approximate surface area is 83.2 Å². The molecule has 0 fully saturated rings. The van der Waals surface area contributed by atoms with E-state index in [4.69, 9.17) is 5.11 Å². The average Bonchev–Trinajstić information content (AvgIpc) is 2.25. The van der Waals surface area contributed by atoms with Gasteiger partial charge in [-0.3, -0.25) is 4.79 Å². The summed E-state index contributed by atoms with van der Waals surface area (Å²) in [6, 6.07) is 9.05. The molecule has 2 heteroatoms. The van der Waals surface area contributed by atoms with E-state index in [9.17, 15) is 4.79 Å². The van der Waals surface area contributed by atoms with E-state index in [-0.39, 0.29) is 12.4 Å². The van der Waals surface area contributed by atoms with E-state index in [1.807, 2.05) is 18.2 Å². The highest BCUT2D eigenvalue weighted by Crippen LogP contribution is 2.00. The molecule has 1 aromatic rings. The average molecular weight is 188 g/mol. The van der Waals surface area contributed by atoms with Gasteiger partial charge in [-0.15, -0.1) is 0 Å². The monoisotopic (exact) mass is 188 g/mol. The van der Waals surface area contributed by atoms with E-state index in [2.05, 4.69) is 0 Å². The van der Waals surface area contributed by atoms with Crippen LogP contribution in [0.1, 0.15) is 10.4 Å². The summed E-state index contributed by atoms with van der Waals surface area (Å²) in [7, 11) is 0. The standard InChI is InChI=1S/C12H12O2/c13-10-6-2-5-9-12(14)11-7-3-1-4-8-11/h1-9,13H,10H2/b6-2+,9-5+. The van der Waals surface area contributed by atoms with Crippen molar-refractivity contribution in [3.63, 3.8) is 0 Å². The van der Waals surface area contributed by atoms with Gasteiger partial charge >= 0.3 is 0 Å². The molecule has 0 amide bonds. The van der Waals surface area contributed by atoms with Crippen molar-refractivity contribution in [2.45, 2.75) is 0 Å². The number of aliphatic hydroxyl groups excluding tert-OH is 1. The van der Waals surface area contributed by atoms with Crippen molar-refractivity contribution in [2.24, 2.45) is 0 Å². The third-order valence-corrected chi connectivity index (χ3v) is 1.66. The second-order valence-electron chi connectivity index (χ2n) is 2.70. The maximum atomic E-state index is 11.4. The van der Waals surface area contributed by atoms with Crippen LogP contribution in [0.25, 0.3) is 0 Å². The SMILES string of the molecule is O=C(/C=C/C=C/CO)c1ccccc1. The minimum Gasteiger partial charge on any atom is -0.392 e. The predicted octanol–water partition coefficient (Wildman–Crippen LogP) is 1.97. The van der Waals surface area contributed by atoms with Crippen LogP contribution in [0.15, 0.2) is 54.6 Å². The fourth-order valence-electron chi connectivity index (χ4n) is 0.981. The maximum absolute atomic E-state index is 11.4. The van der Waals surface area contributed by atoms with Gasteiger partial charge in [-0.2, -0.15) is 0 Å². The van der Waals surface area contributed by atoms with Gasteiger partial charge in [0.25, 0.3) is 0 Å². The Bertz CT molecular complexity index is 337. The Morgan fingerprint density at radius 1 is 1.21 bits per heavy atom. The number of carbonyl (C=O) groups excluding carboxylic acids is 1. The first-order valence-electron chi connectivity index (χ1n) is 4.38. The van der Waals surface area contributed by atoms with E-state index in [0.29, 0.717) is 5.56 Å². The third kappa shape index (κ3) is 3.37. The first kappa shape index (κ1) is 10.4. The van der Waals surface area contributed by atoms with Crippen LogP contribution in [0.5, 0.6) is 0 Å². The lowest BCUT2D eigenvalue weighted by Crippen LogP contribution is -1.92. The summed E-state index contributed by atoms with van der Waals surface area (Å²) in [4.78, 5) is 11.4. The molecule has 1 aromatic carbocycles. The summed E-state index contributed by atoms with van der Waals surface area (Å²) in [6.45, 7) is -0.0101. The van der Waals surface area contributed by atoms with E-state index in [0.717, 1.165) is 0 Å². The zero-order valence-electron chi connectivity index (χ0n) is 7.76. The maximum Gasteiger partial charge on any atom is 0.185 e. The van der Waals surface area contributed by atoms with Gasteiger partial charge in [0.1, 0.15) is 0 Å². The molecule has 1 N–H and O–H groups in total. The third-order valence-electron chi connectivity index (χ3n) is 1.66. The molecule has 0 saturated carbocycles. The van der Waals surface area contributed by atoms with Crippen LogP contribution >= 0.6 is 0 Å². The lowest BCUT2D eigenvalue weighted by Gasteiger charge is -1.92. The molecule has 0 atom stereocenters. The number of carbonyl (C=O) groups is 1. The molecule has 0 aliphatic heterocycles. The first-order chi connectivity index (χ1) is 6.84. The topological polar surface area (TPSA) is 37.3 Å². The van der Waals surface area contributed by atoms with Crippen LogP contribution in [0.4, 0.5) is 0 Å².